The van der Waals surface area contributed by atoms with Gasteiger partial charge in [0, 0.05) is 32.0 Å². The number of piperidine rings is 1. The predicted molar refractivity (Wildman–Crippen MR) is 87.6 cm³/mol. The SMILES string of the molecule is Cc1cc(-c2cnc(N3CCC(O)CC3)nc2[C@@H]2CCCO2)on1. The second-order valence-corrected chi connectivity index (χ2v) is 6.52. The minimum absolute atomic E-state index is 0.0254. The summed E-state index contributed by atoms with van der Waals surface area (Å²) in [5, 5.41) is 13.7. The second kappa shape index (κ2) is 6.49. The Balaban J connectivity index is 1.69. The highest BCUT2D eigenvalue weighted by atomic mass is 16.5. The van der Waals surface area contributed by atoms with Crippen molar-refractivity contribution in [3.05, 3.63) is 23.7 Å². The third-order valence-electron chi connectivity index (χ3n) is 4.68. The zero-order chi connectivity index (χ0) is 16.5. The summed E-state index contributed by atoms with van der Waals surface area (Å²) in [5.74, 6) is 1.38. The van der Waals surface area contributed by atoms with Crippen molar-refractivity contribution in [2.45, 2.75) is 44.8 Å². The summed E-state index contributed by atoms with van der Waals surface area (Å²) < 4.78 is 11.3. The lowest BCUT2D eigenvalue weighted by Crippen LogP contribution is -2.37. The molecule has 0 saturated carbocycles. The third-order valence-corrected chi connectivity index (χ3v) is 4.68. The number of rotatable bonds is 3. The van der Waals surface area contributed by atoms with Gasteiger partial charge in [-0.15, -0.1) is 0 Å². The lowest BCUT2D eigenvalue weighted by atomic mass is 10.1. The zero-order valence-corrected chi connectivity index (χ0v) is 13.8. The van der Waals surface area contributed by atoms with E-state index in [-0.39, 0.29) is 12.2 Å². The van der Waals surface area contributed by atoms with E-state index >= 15 is 0 Å². The number of aryl methyl sites for hydroxylation is 1. The summed E-state index contributed by atoms with van der Waals surface area (Å²) >= 11 is 0. The van der Waals surface area contributed by atoms with E-state index in [0.717, 1.165) is 62.3 Å². The van der Waals surface area contributed by atoms with Gasteiger partial charge in [-0.2, -0.15) is 0 Å². The van der Waals surface area contributed by atoms with Crippen molar-refractivity contribution in [1.82, 2.24) is 15.1 Å². The molecule has 2 fully saturated rings. The largest absolute Gasteiger partial charge is 0.393 e. The molecule has 4 rings (SSSR count). The van der Waals surface area contributed by atoms with E-state index < -0.39 is 0 Å². The van der Waals surface area contributed by atoms with Gasteiger partial charge in [0.05, 0.1) is 23.1 Å². The normalized spacial score (nSPS) is 22.2. The molecule has 2 aromatic rings. The molecular weight excluding hydrogens is 308 g/mol. The minimum atomic E-state index is -0.213. The monoisotopic (exact) mass is 330 g/mol. The van der Waals surface area contributed by atoms with E-state index in [0.29, 0.717) is 11.7 Å². The number of hydrogen-bond acceptors (Lipinski definition) is 7. The van der Waals surface area contributed by atoms with Crippen LogP contribution in [-0.2, 0) is 4.74 Å². The van der Waals surface area contributed by atoms with Gasteiger partial charge in [-0.05, 0) is 32.6 Å². The Bertz CT molecular complexity index is 704. The Morgan fingerprint density at radius 2 is 2.08 bits per heavy atom. The molecule has 0 radical (unpaired) electrons. The molecule has 0 unspecified atom stereocenters. The van der Waals surface area contributed by atoms with E-state index in [4.69, 9.17) is 14.2 Å². The van der Waals surface area contributed by atoms with Crippen LogP contribution in [0.5, 0.6) is 0 Å². The van der Waals surface area contributed by atoms with Crippen molar-refractivity contribution in [1.29, 1.82) is 0 Å². The van der Waals surface area contributed by atoms with Crippen LogP contribution in [0.3, 0.4) is 0 Å². The number of ether oxygens (including phenoxy) is 1. The van der Waals surface area contributed by atoms with Gasteiger partial charge in [0.25, 0.3) is 0 Å². The lowest BCUT2D eigenvalue weighted by Gasteiger charge is -2.30. The van der Waals surface area contributed by atoms with Crippen LogP contribution in [0, 0.1) is 6.92 Å². The van der Waals surface area contributed by atoms with E-state index in [1.807, 2.05) is 19.2 Å². The quantitative estimate of drug-likeness (QED) is 0.924. The summed E-state index contributed by atoms with van der Waals surface area (Å²) in [6.07, 6.45) is 5.07. The first-order chi connectivity index (χ1) is 11.7. The van der Waals surface area contributed by atoms with Crippen LogP contribution in [0.4, 0.5) is 5.95 Å². The van der Waals surface area contributed by atoms with Crippen molar-refractivity contribution in [2.24, 2.45) is 0 Å². The van der Waals surface area contributed by atoms with Crippen LogP contribution in [0.25, 0.3) is 11.3 Å². The number of nitrogens with zero attached hydrogens (tertiary/aromatic N) is 4. The standard InChI is InChI=1S/C17H22N4O3/c1-11-9-15(24-20-11)13-10-18-17(21-6-4-12(22)5-7-21)19-16(13)14-3-2-8-23-14/h9-10,12,14,22H,2-8H2,1H3/t14-/m0/s1. The molecule has 0 spiro atoms. The lowest BCUT2D eigenvalue weighted by molar-refractivity contribution is 0.109. The molecule has 2 aromatic heterocycles. The van der Waals surface area contributed by atoms with Crippen molar-refractivity contribution in [3.8, 4) is 11.3 Å². The second-order valence-electron chi connectivity index (χ2n) is 6.52. The molecule has 128 valence electrons. The Morgan fingerprint density at radius 3 is 2.75 bits per heavy atom. The van der Waals surface area contributed by atoms with Crippen LogP contribution in [0.1, 0.15) is 43.2 Å². The zero-order valence-electron chi connectivity index (χ0n) is 13.8. The highest BCUT2D eigenvalue weighted by molar-refractivity contribution is 5.61. The molecule has 2 aliphatic heterocycles. The van der Waals surface area contributed by atoms with Gasteiger partial charge in [0.1, 0.15) is 6.10 Å². The molecule has 1 N–H and O–H groups in total. The van der Waals surface area contributed by atoms with E-state index in [2.05, 4.69) is 15.0 Å². The maximum absolute atomic E-state index is 9.69. The van der Waals surface area contributed by atoms with Gasteiger partial charge in [0.2, 0.25) is 5.95 Å². The minimum Gasteiger partial charge on any atom is -0.393 e. The van der Waals surface area contributed by atoms with Crippen LogP contribution in [-0.4, -0.2) is 46.0 Å². The smallest absolute Gasteiger partial charge is 0.225 e. The number of aromatic nitrogens is 3. The fourth-order valence-electron chi connectivity index (χ4n) is 3.32. The summed E-state index contributed by atoms with van der Waals surface area (Å²) in [6.45, 7) is 4.20. The highest BCUT2D eigenvalue weighted by Crippen LogP contribution is 2.35. The molecule has 0 amide bonds. The average Bonchev–Trinajstić information content (AvgIpc) is 3.27. The molecule has 0 bridgehead atoms. The molecular formula is C17H22N4O3. The number of aliphatic hydroxyl groups is 1. The molecule has 0 aliphatic carbocycles. The van der Waals surface area contributed by atoms with Gasteiger partial charge in [-0.1, -0.05) is 5.16 Å². The van der Waals surface area contributed by atoms with Crippen molar-refractivity contribution < 1.29 is 14.4 Å². The van der Waals surface area contributed by atoms with Gasteiger partial charge in [0.15, 0.2) is 5.76 Å². The molecule has 0 aromatic carbocycles. The van der Waals surface area contributed by atoms with Crippen LogP contribution in [0.2, 0.25) is 0 Å². The fourth-order valence-corrected chi connectivity index (χ4v) is 3.32. The fraction of sp³-hybridized carbons (Fsp3) is 0.588. The van der Waals surface area contributed by atoms with Gasteiger partial charge in [-0.25, -0.2) is 9.97 Å². The van der Waals surface area contributed by atoms with Crippen molar-refractivity contribution in [2.75, 3.05) is 24.6 Å². The van der Waals surface area contributed by atoms with Crippen LogP contribution < -0.4 is 4.90 Å². The molecule has 2 saturated heterocycles. The molecule has 1 atom stereocenters. The Labute approximate surface area is 140 Å². The molecule has 4 heterocycles. The first-order valence-electron chi connectivity index (χ1n) is 8.56. The molecule has 7 heteroatoms. The first kappa shape index (κ1) is 15.5. The Morgan fingerprint density at radius 1 is 1.25 bits per heavy atom. The number of aliphatic hydroxyl groups excluding tert-OH is 1. The number of hydrogen-bond donors (Lipinski definition) is 1. The Kier molecular flexibility index (Phi) is 4.20. The summed E-state index contributed by atoms with van der Waals surface area (Å²) in [4.78, 5) is 11.5. The third kappa shape index (κ3) is 3.01. The Hall–Kier alpha value is -1.99. The van der Waals surface area contributed by atoms with E-state index in [9.17, 15) is 5.11 Å². The summed E-state index contributed by atoms with van der Waals surface area (Å²) in [5.41, 5.74) is 2.56. The van der Waals surface area contributed by atoms with Crippen LogP contribution >= 0.6 is 0 Å². The van der Waals surface area contributed by atoms with Gasteiger partial charge in [-0.3, -0.25) is 0 Å². The molecule has 24 heavy (non-hydrogen) atoms. The van der Waals surface area contributed by atoms with Crippen molar-refractivity contribution >= 4 is 5.95 Å². The summed E-state index contributed by atoms with van der Waals surface area (Å²) in [6, 6.07) is 1.90. The molecule has 2 aliphatic rings. The van der Waals surface area contributed by atoms with Gasteiger partial charge < -0.3 is 19.3 Å². The number of anilines is 1. The van der Waals surface area contributed by atoms with E-state index in [1.165, 1.54) is 0 Å². The van der Waals surface area contributed by atoms with Crippen molar-refractivity contribution in [3.63, 3.8) is 0 Å². The van der Waals surface area contributed by atoms with Crippen LogP contribution in [0.15, 0.2) is 16.8 Å². The maximum Gasteiger partial charge on any atom is 0.225 e. The maximum atomic E-state index is 9.69. The highest BCUT2D eigenvalue weighted by Gasteiger charge is 2.27. The first-order valence-corrected chi connectivity index (χ1v) is 8.56. The molecule has 7 nitrogen and oxygen atoms in total. The summed E-state index contributed by atoms with van der Waals surface area (Å²) in [7, 11) is 0. The predicted octanol–water partition coefficient (Wildman–Crippen LogP) is 2.25. The average molecular weight is 330 g/mol. The topological polar surface area (TPSA) is 84.5 Å². The van der Waals surface area contributed by atoms with Gasteiger partial charge >= 0.3 is 0 Å². The van der Waals surface area contributed by atoms with E-state index in [1.54, 1.807) is 0 Å².